The number of carbonyl (C=O) groups excluding carboxylic acids is 1. The van der Waals surface area contributed by atoms with Gasteiger partial charge in [0.2, 0.25) is 0 Å². The Morgan fingerprint density at radius 1 is 1.22 bits per heavy atom. The highest BCUT2D eigenvalue weighted by Crippen LogP contribution is 2.25. The monoisotopic (exact) mass is 389 g/mol. The minimum atomic E-state index is -0.585. The van der Waals surface area contributed by atoms with Gasteiger partial charge >= 0.3 is 5.97 Å². The Balaban J connectivity index is 1.68. The summed E-state index contributed by atoms with van der Waals surface area (Å²) in [5.41, 5.74) is 1.83. The lowest BCUT2D eigenvalue weighted by Crippen LogP contribution is -2.05. The van der Waals surface area contributed by atoms with Crippen molar-refractivity contribution in [2.75, 3.05) is 0 Å². The first kappa shape index (κ1) is 15.7. The molecule has 0 saturated heterocycles. The molecule has 0 amide bonds. The van der Waals surface area contributed by atoms with Crippen LogP contribution in [0.2, 0.25) is 0 Å². The first-order valence-corrected chi connectivity index (χ1v) is 8.46. The molecule has 2 aromatic carbocycles. The molecule has 23 heavy (non-hydrogen) atoms. The molecule has 1 heterocycles. The molecule has 116 valence electrons. The second-order valence-corrected chi connectivity index (χ2v) is 6.52. The van der Waals surface area contributed by atoms with E-state index in [0.29, 0.717) is 10.2 Å². The van der Waals surface area contributed by atoms with Crippen LogP contribution in [0.5, 0.6) is 5.75 Å². The summed E-state index contributed by atoms with van der Waals surface area (Å²) in [4.78, 5) is 16.5. The zero-order valence-corrected chi connectivity index (χ0v) is 14.3. The van der Waals surface area contributed by atoms with Crippen molar-refractivity contribution in [3.05, 3.63) is 69.6 Å². The van der Waals surface area contributed by atoms with Crippen LogP contribution in [-0.4, -0.2) is 16.1 Å². The molecule has 4 nitrogen and oxygen atoms in total. The fraction of sp³-hybridized carbons (Fsp3) is 0.0588. The Kier molecular flexibility index (Phi) is 4.73. The van der Waals surface area contributed by atoms with E-state index in [4.69, 9.17) is 4.74 Å². The van der Waals surface area contributed by atoms with Gasteiger partial charge in [0, 0.05) is 15.4 Å². The Hall–Kier alpha value is -2.18. The average molecular weight is 390 g/mol. The smallest absolute Gasteiger partial charge is 0.342 e. The summed E-state index contributed by atoms with van der Waals surface area (Å²) in [5.74, 6) is -0.695. The highest BCUT2D eigenvalue weighted by Gasteiger charge is 2.14. The summed E-state index contributed by atoms with van der Waals surface area (Å²) in [6.45, 7) is 0.0636. The molecule has 0 saturated carbocycles. The summed E-state index contributed by atoms with van der Waals surface area (Å²) >= 11 is 4.76. The molecule has 0 aliphatic heterocycles. The number of halogens is 1. The summed E-state index contributed by atoms with van der Waals surface area (Å²) in [7, 11) is 0. The molecular formula is C17H12BrNO3S. The standard InChI is InChI=1S/C17H12BrNO3S/c18-12-6-7-15(20)14(8-12)17(21)22-9-13-10-23-16(19-13)11-4-2-1-3-5-11/h1-8,10,20H,9H2. The van der Waals surface area contributed by atoms with Crippen LogP contribution in [0.15, 0.2) is 58.4 Å². The van der Waals surface area contributed by atoms with E-state index in [-0.39, 0.29) is 17.9 Å². The van der Waals surface area contributed by atoms with Crippen molar-refractivity contribution in [2.24, 2.45) is 0 Å². The van der Waals surface area contributed by atoms with E-state index in [1.54, 1.807) is 6.07 Å². The quantitative estimate of drug-likeness (QED) is 0.660. The highest BCUT2D eigenvalue weighted by atomic mass is 79.9. The second kappa shape index (κ2) is 6.93. The minimum Gasteiger partial charge on any atom is -0.507 e. The third kappa shape index (κ3) is 3.78. The number of aromatic hydroxyl groups is 1. The van der Waals surface area contributed by atoms with Crippen molar-refractivity contribution in [3.63, 3.8) is 0 Å². The lowest BCUT2D eigenvalue weighted by Gasteiger charge is -2.05. The molecule has 0 spiro atoms. The third-order valence-corrected chi connectivity index (χ3v) is 4.54. The maximum atomic E-state index is 12.0. The van der Waals surface area contributed by atoms with Gasteiger partial charge in [0.1, 0.15) is 22.9 Å². The lowest BCUT2D eigenvalue weighted by molar-refractivity contribution is 0.0465. The Morgan fingerprint density at radius 3 is 2.78 bits per heavy atom. The molecule has 0 atom stereocenters. The molecule has 0 fully saturated rings. The van der Waals surface area contributed by atoms with Crippen LogP contribution in [-0.2, 0) is 11.3 Å². The fourth-order valence-corrected chi connectivity index (χ4v) is 3.15. The molecule has 6 heteroatoms. The van der Waals surface area contributed by atoms with Gasteiger partial charge < -0.3 is 9.84 Å². The summed E-state index contributed by atoms with van der Waals surface area (Å²) in [6, 6.07) is 14.4. The summed E-state index contributed by atoms with van der Waals surface area (Å²) in [5, 5.41) is 12.5. The van der Waals surface area contributed by atoms with Gasteiger partial charge in [-0.05, 0) is 18.2 Å². The zero-order chi connectivity index (χ0) is 16.2. The SMILES string of the molecule is O=C(OCc1csc(-c2ccccc2)n1)c1cc(Br)ccc1O. The topological polar surface area (TPSA) is 59.4 Å². The molecule has 0 bridgehead atoms. The van der Waals surface area contributed by atoms with Crippen molar-refractivity contribution in [2.45, 2.75) is 6.61 Å². The normalized spacial score (nSPS) is 10.5. The van der Waals surface area contributed by atoms with Crippen molar-refractivity contribution < 1.29 is 14.6 Å². The van der Waals surface area contributed by atoms with E-state index in [0.717, 1.165) is 10.6 Å². The van der Waals surface area contributed by atoms with Gasteiger partial charge in [-0.25, -0.2) is 9.78 Å². The maximum Gasteiger partial charge on any atom is 0.342 e. The zero-order valence-electron chi connectivity index (χ0n) is 11.9. The Bertz CT molecular complexity index is 833. The van der Waals surface area contributed by atoms with Crippen LogP contribution in [0, 0.1) is 0 Å². The molecular weight excluding hydrogens is 378 g/mol. The van der Waals surface area contributed by atoms with E-state index in [9.17, 15) is 9.90 Å². The maximum absolute atomic E-state index is 12.0. The van der Waals surface area contributed by atoms with Crippen molar-refractivity contribution in [1.82, 2.24) is 4.98 Å². The van der Waals surface area contributed by atoms with E-state index in [1.165, 1.54) is 23.5 Å². The number of aromatic nitrogens is 1. The third-order valence-electron chi connectivity index (χ3n) is 3.10. The van der Waals surface area contributed by atoms with Crippen LogP contribution in [0.25, 0.3) is 10.6 Å². The summed E-state index contributed by atoms with van der Waals surface area (Å²) in [6.07, 6.45) is 0. The van der Waals surface area contributed by atoms with E-state index in [1.807, 2.05) is 35.7 Å². The average Bonchev–Trinajstić information content (AvgIpc) is 3.05. The van der Waals surface area contributed by atoms with E-state index >= 15 is 0 Å². The number of phenolic OH excluding ortho intramolecular Hbond substituents is 1. The number of benzene rings is 2. The van der Waals surface area contributed by atoms with Crippen molar-refractivity contribution in [3.8, 4) is 16.3 Å². The van der Waals surface area contributed by atoms with Gasteiger partial charge in [0.15, 0.2) is 0 Å². The summed E-state index contributed by atoms with van der Waals surface area (Å²) < 4.78 is 5.92. The van der Waals surface area contributed by atoms with Crippen molar-refractivity contribution in [1.29, 1.82) is 0 Å². The van der Waals surface area contributed by atoms with Crippen LogP contribution in [0.3, 0.4) is 0 Å². The molecule has 0 aliphatic rings. The van der Waals surface area contributed by atoms with Gasteiger partial charge in [-0.2, -0.15) is 0 Å². The molecule has 1 aromatic heterocycles. The number of thiazole rings is 1. The predicted octanol–water partition coefficient (Wildman–Crippen LogP) is 4.64. The molecule has 3 aromatic rings. The Labute approximate surface area is 145 Å². The molecule has 1 N–H and O–H groups in total. The number of nitrogens with zero attached hydrogens (tertiary/aromatic N) is 1. The molecule has 3 rings (SSSR count). The van der Waals surface area contributed by atoms with E-state index < -0.39 is 5.97 Å². The number of rotatable bonds is 4. The second-order valence-electron chi connectivity index (χ2n) is 4.75. The number of hydrogen-bond donors (Lipinski definition) is 1. The number of hydrogen-bond acceptors (Lipinski definition) is 5. The fourth-order valence-electron chi connectivity index (χ4n) is 1.98. The largest absolute Gasteiger partial charge is 0.507 e. The first-order chi connectivity index (χ1) is 11.1. The van der Waals surface area contributed by atoms with Gasteiger partial charge in [-0.1, -0.05) is 46.3 Å². The minimum absolute atomic E-state index is 0.0636. The van der Waals surface area contributed by atoms with Gasteiger partial charge in [-0.15, -0.1) is 11.3 Å². The van der Waals surface area contributed by atoms with Gasteiger partial charge in [0.25, 0.3) is 0 Å². The van der Waals surface area contributed by atoms with E-state index in [2.05, 4.69) is 20.9 Å². The van der Waals surface area contributed by atoms with Crippen LogP contribution in [0.4, 0.5) is 0 Å². The van der Waals surface area contributed by atoms with Crippen molar-refractivity contribution >= 4 is 33.2 Å². The predicted molar refractivity (Wildman–Crippen MR) is 92.5 cm³/mol. The molecule has 0 unspecified atom stereocenters. The number of esters is 1. The lowest BCUT2D eigenvalue weighted by atomic mass is 10.2. The van der Waals surface area contributed by atoms with Gasteiger partial charge in [0.05, 0.1) is 5.69 Å². The number of carbonyl (C=O) groups is 1. The number of ether oxygens (including phenoxy) is 1. The molecule has 0 radical (unpaired) electrons. The van der Waals surface area contributed by atoms with Crippen LogP contribution >= 0.6 is 27.3 Å². The molecule has 0 aliphatic carbocycles. The van der Waals surface area contributed by atoms with Crippen LogP contribution < -0.4 is 0 Å². The van der Waals surface area contributed by atoms with Gasteiger partial charge in [-0.3, -0.25) is 0 Å². The highest BCUT2D eigenvalue weighted by molar-refractivity contribution is 9.10. The number of phenols is 1. The Morgan fingerprint density at radius 2 is 2.00 bits per heavy atom. The van der Waals surface area contributed by atoms with Crippen LogP contribution in [0.1, 0.15) is 16.1 Å². The first-order valence-electron chi connectivity index (χ1n) is 6.79.